The van der Waals surface area contributed by atoms with E-state index in [-0.39, 0.29) is 17.3 Å². The highest BCUT2D eigenvalue weighted by molar-refractivity contribution is 7.90. The molecular weight excluding hydrogens is 430 g/mol. The minimum absolute atomic E-state index is 0.0322. The SMILES string of the molecule is CCC(=O)c1ccc(OCC(=O)Nc2cccc(S(=O)(=O)NC3=NCCCCC3)c2)cc1. The third kappa shape index (κ3) is 6.65. The molecule has 170 valence electrons. The fourth-order valence-electron chi connectivity index (χ4n) is 3.20. The number of ketones is 1. The number of sulfonamides is 1. The third-order valence-electron chi connectivity index (χ3n) is 4.92. The predicted molar refractivity (Wildman–Crippen MR) is 123 cm³/mol. The Kier molecular flexibility index (Phi) is 7.99. The van der Waals surface area contributed by atoms with Crippen LogP contribution in [0.4, 0.5) is 5.69 Å². The van der Waals surface area contributed by atoms with Gasteiger partial charge in [0.1, 0.15) is 11.6 Å². The summed E-state index contributed by atoms with van der Waals surface area (Å²) in [5.41, 5.74) is 0.930. The molecule has 1 aliphatic heterocycles. The number of nitrogens with zero attached hydrogens (tertiary/aromatic N) is 1. The molecule has 32 heavy (non-hydrogen) atoms. The number of hydrogen-bond donors (Lipinski definition) is 2. The van der Waals surface area contributed by atoms with Gasteiger partial charge < -0.3 is 10.1 Å². The Morgan fingerprint density at radius 3 is 2.59 bits per heavy atom. The molecule has 0 spiro atoms. The first-order valence-electron chi connectivity index (χ1n) is 10.6. The van der Waals surface area contributed by atoms with Crippen LogP contribution in [0, 0.1) is 0 Å². The van der Waals surface area contributed by atoms with Gasteiger partial charge in [0.2, 0.25) is 0 Å². The average molecular weight is 458 g/mol. The molecule has 0 radical (unpaired) electrons. The number of amidine groups is 1. The van der Waals surface area contributed by atoms with Crippen molar-refractivity contribution < 1.29 is 22.7 Å². The Labute approximate surface area is 188 Å². The second kappa shape index (κ2) is 10.9. The van der Waals surface area contributed by atoms with Crippen LogP contribution < -0.4 is 14.8 Å². The van der Waals surface area contributed by atoms with Crippen molar-refractivity contribution in [1.29, 1.82) is 0 Å². The summed E-state index contributed by atoms with van der Waals surface area (Å²) in [6.45, 7) is 2.15. The number of carbonyl (C=O) groups is 2. The molecule has 1 amide bonds. The Balaban J connectivity index is 1.58. The first-order valence-corrected chi connectivity index (χ1v) is 12.1. The van der Waals surface area contributed by atoms with Gasteiger partial charge >= 0.3 is 0 Å². The molecular formula is C23H27N3O5S. The molecule has 0 aliphatic carbocycles. The van der Waals surface area contributed by atoms with Crippen LogP contribution in [0.3, 0.4) is 0 Å². The summed E-state index contributed by atoms with van der Waals surface area (Å²) in [5.74, 6) is 0.522. The molecule has 2 aromatic carbocycles. The second-order valence-electron chi connectivity index (χ2n) is 7.41. The van der Waals surface area contributed by atoms with Crippen molar-refractivity contribution in [3.05, 3.63) is 54.1 Å². The topological polar surface area (TPSA) is 114 Å². The molecule has 0 atom stereocenters. The Hall–Kier alpha value is -3.20. The van der Waals surface area contributed by atoms with Gasteiger partial charge in [-0.3, -0.25) is 19.3 Å². The lowest BCUT2D eigenvalue weighted by molar-refractivity contribution is -0.118. The summed E-state index contributed by atoms with van der Waals surface area (Å²) >= 11 is 0. The van der Waals surface area contributed by atoms with E-state index in [0.717, 1.165) is 19.3 Å². The molecule has 8 nitrogen and oxygen atoms in total. The molecule has 0 aromatic heterocycles. The average Bonchev–Trinajstić information content (AvgIpc) is 3.06. The first-order chi connectivity index (χ1) is 15.4. The molecule has 0 fully saturated rings. The van der Waals surface area contributed by atoms with Crippen LogP contribution in [0.2, 0.25) is 0 Å². The number of nitrogens with one attached hydrogen (secondary N) is 2. The molecule has 2 N–H and O–H groups in total. The molecule has 1 aliphatic rings. The van der Waals surface area contributed by atoms with Crippen LogP contribution in [-0.2, 0) is 14.8 Å². The van der Waals surface area contributed by atoms with Crippen LogP contribution in [0.1, 0.15) is 49.4 Å². The fraction of sp³-hybridized carbons (Fsp3) is 0.348. The largest absolute Gasteiger partial charge is 0.484 e. The maximum absolute atomic E-state index is 12.7. The number of anilines is 1. The lowest BCUT2D eigenvalue weighted by atomic mass is 10.1. The second-order valence-corrected chi connectivity index (χ2v) is 9.09. The van der Waals surface area contributed by atoms with Gasteiger partial charge in [-0.25, -0.2) is 8.42 Å². The fourth-order valence-corrected chi connectivity index (χ4v) is 4.33. The smallest absolute Gasteiger partial charge is 0.262 e. The first kappa shape index (κ1) is 23.5. The predicted octanol–water partition coefficient (Wildman–Crippen LogP) is 3.55. The minimum Gasteiger partial charge on any atom is -0.484 e. The minimum atomic E-state index is -3.79. The zero-order valence-electron chi connectivity index (χ0n) is 18.0. The maximum atomic E-state index is 12.7. The van der Waals surface area contributed by atoms with E-state index in [9.17, 15) is 18.0 Å². The summed E-state index contributed by atoms with van der Waals surface area (Å²) in [6.07, 6.45) is 3.89. The van der Waals surface area contributed by atoms with Gasteiger partial charge in [-0.1, -0.05) is 19.4 Å². The summed E-state index contributed by atoms with van der Waals surface area (Å²) in [7, 11) is -3.79. The summed E-state index contributed by atoms with van der Waals surface area (Å²) in [6, 6.07) is 12.6. The Morgan fingerprint density at radius 2 is 1.84 bits per heavy atom. The Morgan fingerprint density at radius 1 is 1.06 bits per heavy atom. The van der Waals surface area contributed by atoms with Crippen molar-refractivity contribution in [2.45, 2.75) is 43.9 Å². The molecule has 0 unspecified atom stereocenters. The van der Waals surface area contributed by atoms with Crippen molar-refractivity contribution in [2.24, 2.45) is 4.99 Å². The quantitative estimate of drug-likeness (QED) is 0.589. The van der Waals surface area contributed by atoms with E-state index in [2.05, 4.69) is 15.0 Å². The van der Waals surface area contributed by atoms with E-state index in [0.29, 0.717) is 42.2 Å². The molecule has 0 saturated heterocycles. The number of hydrogen-bond acceptors (Lipinski definition) is 6. The number of benzene rings is 2. The van der Waals surface area contributed by atoms with Crippen molar-refractivity contribution in [1.82, 2.24) is 4.72 Å². The van der Waals surface area contributed by atoms with Gasteiger partial charge in [-0.05, 0) is 55.3 Å². The van der Waals surface area contributed by atoms with Gasteiger partial charge in [0.25, 0.3) is 15.9 Å². The number of carbonyl (C=O) groups excluding carboxylic acids is 2. The van der Waals surface area contributed by atoms with E-state index >= 15 is 0 Å². The van der Waals surface area contributed by atoms with Gasteiger partial charge in [-0.2, -0.15) is 0 Å². The zero-order valence-corrected chi connectivity index (χ0v) is 18.8. The molecule has 0 saturated carbocycles. The number of Topliss-reactive ketones (excluding diaryl/α,β-unsaturated/α-hetero) is 1. The van der Waals surface area contributed by atoms with Crippen LogP contribution >= 0.6 is 0 Å². The van der Waals surface area contributed by atoms with E-state index in [1.165, 1.54) is 12.1 Å². The van der Waals surface area contributed by atoms with Crippen molar-refractivity contribution in [3.63, 3.8) is 0 Å². The Bertz CT molecular complexity index is 1090. The standard InChI is InChI=1S/C23H27N3O5S/c1-2-21(27)17-10-12-19(13-11-17)31-16-23(28)25-18-7-6-8-20(15-18)32(29,30)26-22-9-4-3-5-14-24-22/h6-8,10-13,15H,2-5,9,14,16H2,1H3,(H,24,26)(H,25,28). The van der Waals surface area contributed by atoms with Crippen LogP contribution in [0.25, 0.3) is 0 Å². The lowest BCUT2D eigenvalue weighted by Gasteiger charge is -2.12. The lowest BCUT2D eigenvalue weighted by Crippen LogP contribution is -2.30. The molecule has 1 heterocycles. The molecule has 0 bridgehead atoms. The van der Waals surface area contributed by atoms with Gasteiger partial charge in [0.15, 0.2) is 12.4 Å². The summed E-state index contributed by atoms with van der Waals surface area (Å²) in [5, 5.41) is 2.64. The van der Waals surface area contributed by atoms with Gasteiger partial charge in [-0.15, -0.1) is 0 Å². The number of aliphatic imine (C=N–C) groups is 1. The maximum Gasteiger partial charge on any atom is 0.262 e. The van der Waals surface area contributed by atoms with Crippen molar-refractivity contribution in [3.8, 4) is 5.75 Å². The van der Waals surface area contributed by atoms with Crippen molar-refractivity contribution >= 4 is 33.2 Å². The van der Waals surface area contributed by atoms with Gasteiger partial charge in [0.05, 0.1) is 4.90 Å². The monoisotopic (exact) mass is 457 g/mol. The van der Waals surface area contributed by atoms with Crippen LogP contribution in [0.5, 0.6) is 5.75 Å². The highest BCUT2D eigenvalue weighted by Gasteiger charge is 2.18. The molecule has 2 aromatic rings. The van der Waals surface area contributed by atoms with E-state index in [1.807, 2.05) is 0 Å². The van der Waals surface area contributed by atoms with E-state index < -0.39 is 15.9 Å². The van der Waals surface area contributed by atoms with E-state index in [1.54, 1.807) is 43.3 Å². The van der Waals surface area contributed by atoms with Crippen molar-refractivity contribution in [2.75, 3.05) is 18.5 Å². The zero-order chi connectivity index (χ0) is 23.0. The highest BCUT2D eigenvalue weighted by atomic mass is 32.2. The normalized spacial score (nSPS) is 14.1. The summed E-state index contributed by atoms with van der Waals surface area (Å²) < 4.78 is 33.4. The number of amides is 1. The van der Waals surface area contributed by atoms with E-state index in [4.69, 9.17) is 4.74 Å². The number of rotatable bonds is 8. The van der Waals surface area contributed by atoms with Crippen LogP contribution in [0.15, 0.2) is 58.4 Å². The third-order valence-corrected chi connectivity index (χ3v) is 6.30. The van der Waals surface area contributed by atoms with Crippen LogP contribution in [-0.4, -0.2) is 39.1 Å². The highest BCUT2D eigenvalue weighted by Crippen LogP contribution is 2.17. The number of ether oxygens (including phenoxy) is 1. The summed E-state index contributed by atoms with van der Waals surface area (Å²) in [4.78, 5) is 28.2. The van der Waals surface area contributed by atoms with Gasteiger partial charge in [0, 0.05) is 30.6 Å². The molecule has 3 rings (SSSR count). The molecule has 9 heteroatoms.